The normalized spacial score (nSPS) is 19.7. The van der Waals surface area contributed by atoms with E-state index in [0.717, 1.165) is 5.82 Å². The Hall–Kier alpha value is -0.990. The van der Waals surface area contributed by atoms with Gasteiger partial charge in [0.25, 0.3) is 0 Å². The first kappa shape index (κ1) is 8.60. The van der Waals surface area contributed by atoms with Gasteiger partial charge in [0.15, 0.2) is 0 Å². The topological polar surface area (TPSA) is 38.7 Å². The second-order valence-corrected chi connectivity index (χ2v) is 3.68. The third kappa shape index (κ3) is 2.23. The summed E-state index contributed by atoms with van der Waals surface area (Å²) in [5, 5.41) is 0. The van der Waals surface area contributed by atoms with E-state index in [-0.39, 0.29) is 0 Å². The SMILES string of the molecule is c1ncnc(C2CCCCCC2)n1. The summed E-state index contributed by atoms with van der Waals surface area (Å²) in [7, 11) is 0. The molecule has 0 aliphatic heterocycles. The zero-order valence-corrected chi connectivity index (χ0v) is 7.82. The van der Waals surface area contributed by atoms with Gasteiger partial charge < -0.3 is 0 Å². The van der Waals surface area contributed by atoms with Crippen LogP contribution in [0.4, 0.5) is 0 Å². The van der Waals surface area contributed by atoms with E-state index in [9.17, 15) is 0 Å². The molecule has 0 radical (unpaired) electrons. The van der Waals surface area contributed by atoms with E-state index in [4.69, 9.17) is 0 Å². The van der Waals surface area contributed by atoms with Gasteiger partial charge in [0.1, 0.15) is 18.5 Å². The van der Waals surface area contributed by atoms with Crippen LogP contribution >= 0.6 is 0 Å². The predicted molar refractivity (Wildman–Crippen MR) is 50.3 cm³/mol. The van der Waals surface area contributed by atoms with Gasteiger partial charge in [0.2, 0.25) is 0 Å². The van der Waals surface area contributed by atoms with Crippen molar-refractivity contribution >= 4 is 0 Å². The van der Waals surface area contributed by atoms with Crippen molar-refractivity contribution in [2.45, 2.75) is 44.4 Å². The van der Waals surface area contributed by atoms with Gasteiger partial charge in [0.05, 0.1) is 0 Å². The minimum atomic E-state index is 0.588. The molecular formula is C10H15N3. The summed E-state index contributed by atoms with van der Waals surface area (Å²) in [5.41, 5.74) is 0. The smallest absolute Gasteiger partial charge is 0.135 e. The Labute approximate surface area is 78.6 Å². The summed E-state index contributed by atoms with van der Waals surface area (Å²) in [4.78, 5) is 12.3. The molecule has 1 heterocycles. The zero-order valence-electron chi connectivity index (χ0n) is 7.82. The van der Waals surface area contributed by atoms with E-state index >= 15 is 0 Å². The fraction of sp³-hybridized carbons (Fsp3) is 0.700. The molecule has 1 fully saturated rings. The van der Waals surface area contributed by atoms with Crippen molar-refractivity contribution in [2.75, 3.05) is 0 Å². The van der Waals surface area contributed by atoms with E-state index in [1.54, 1.807) is 12.7 Å². The lowest BCUT2D eigenvalue weighted by molar-refractivity contribution is 0.557. The first-order chi connectivity index (χ1) is 6.47. The van der Waals surface area contributed by atoms with E-state index in [1.807, 2.05) is 0 Å². The van der Waals surface area contributed by atoms with E-state index in [0.29, 0.717) is 5.92 Å². The maximum atomic E-state index is 4.22. The highest BCUT2D eigenvalue weighted by Crippen LogP contribution is 2.28. The second-order valence-electron chi connectivity index (χ2n) is 3.68. The third-order valence-electron chi connectivity index (χ3n) is 2.73. The lowest BCUT2D eigenvalue weighted by atomic mass is 10.00. The molecule has 0 N–H and O–H groups in total. The molecule has 1 saturated carbocycles. The molecule has 70 valence electrons. The van der Waals surface area contributed by atoms with Gasteiger partial charge in [0, 0.05) is 5.92 Å². The van der Waals surface area contributed by atoms with Gasteiger partial charge in [-0.2, -0.15) is 0 Å². The molecule has 13 heavy (non-hydrogen) atoms. The number of hydrogen-bond donors (Lipinski definition) is 0. The molecule has 1 aliphatic rings. The Morgan fingerprint density at radius 1 is 0.923 bits per heavy atom. The van der Waals surface area contributed by atoms with Crippen LogP contribution in [-0.4, -0.2) is 15.0 Å². The lowest BCUT2D eigenvalue weighted by Gasteiger charge is -2.10. The standard InChI is InChI=1S/C10H15N3/c1-2-4-6-9(5-3-1)10-12-7-11-8-13-10/h7-9H,1-6H2. The monoisotopic (exact) mass is 177 g/mol. The number of nitrogens with zero attached hydrogens (tertiary/aromatic N) is 3. The van der Waals surface area contributed by atoms with Crippen LogP contribution in [0.2, 0.25) is 0 Å². The van der Waals surface area contributed by atoms with Crippen LogP contribution in [-0.2, 0) is 0 Å². The van der Waals surface area contributed by atoms with Crippen LogP contribution in [0.15, 0.2) is 12.7 Å². The van der Waals surface area contributed by atoms with E-state index in [2.05, 4.69) is 15.0 Å². The van der Waals surface area contributed by atoms with Gasteiger partial charge in [-0.15, -0.1) is 0 Å². The molecule has 2 rings (SSSR count). The van der Waals surface area contributed by atoms with Crippen molar-refractivity contribution in [1.82, 2.24) is 15.0 Å². The molecular weight excluding hydrogens is 162 g/mol. The van der Waals surface area contributed by atoms with Gasteiger partial charge in [-0.3, -0.25) is 0 Å². The predicted octanol–water partition coefficient (Wildman–Crippen LogP) is 2.31. The number of hydrogen-bond acceptors (Lipinski definition) is 3. The highest BCUT2D eigenvalue weighted by Gasteiger charge is 2.15. The van der Waals surface area contributed by atoms with Crippen molar-refractivity contribution < 1.29 is 0 Å². The summed E-state index contributed by atoms with van der Waals surface area (Å²) >= 11 is 0. The molecule has 3 heteroatoms. The maximum Gasteiger partial charge on any atom is 0.135 e. The van der Waals surface area contributed by atoms with Crippen LogP contribution in [0.1, 0.15) is 50.3 Å². The molecule has 1 aromatic heterocycles. The largest absolute Gasteiger partial charge is 0.225 e. The summed E-state index contributed by atoms with van der Waals surface area (Å²) in [6.45, 7) is 0. The molecule has 0 amide bonds. The van der Waals surface area contributed by atoms with Crippen molar-refractivity contribution in [3.8, 4) is 0 Å². The van der Waals surface area contributed by atoms with Crippen LogP contribution in [0.3, 0.4) is 0 Å². The van der Waals surface area contributed by atoms with Crippen molar-refractivity contribution in [2.24, 2.45) is 0 Å². The highest BCUT2D eigenvalue weighted by molar-refractivity contribution is 4.94. The second kappa shape index (κ2) is 4.30. The van der Waals surface area contributed by atoms with Crippen LogP contribution in [0.25, 0.3) is 0 Å². The fourth-order valence-corrected chi connectivity index (χ4v) is 2.00. The van der Waals surface area contributed by atoms with Crippen molar-refractivity contribution in [3.05, 3.63) is 18.5 Å². The zero-order chi connectivity index (χ0) is 8.93. The number of rotatable bonds is 1. The average molecular weight is 177 g/mol. The molecule has 0 atom stereocenters. The van der Waals surface area contributed by atoms with Crippen LogP contribution in [0.5, 0.6) is 0 Å². The maximum absolute atomic E-state index is 4.22. The fourth-order valence-electron chi connectivity index (χ4n) is 2.00. The Balaban J connectivity index is 2.06. The summed E-state index contributed by atoms with van der Waals surface area (Å²) in [6.07, 6.45) is 11.1. The molecule has 0 spiro atoms. The molecule has 0 aromatic carbocycles. The lowest BCUT2D eigenvalue weighted by Crippen LogP contribution is -2.03. The van der Waals surface area contributed by atoms with Crippen molar-refractivity contribution in [1.29, 1.82) is 0 Å². The summed E-state index contributed by atoms with van der Waals surface area (Å²) < 4.78 is 0. The molecule has 0 unspecified atom stereocenters. The van der Waals surface area contributed by atoms with E-state index in [1.165, 1.54) is 38.5 Å². The molecule has 1 aromatic rings. The number of aromatic nitrogens is 3. The quantitative estimate of drug-likeness (QED) is 0.618. The van der Waals surface area contributed by atoms with Gasteiger partial charge in [-0.05, 0) is 12.8 Å². The van der Waals surface area contributed by atoms with Gasteiger partial charge in [-0.1, -0.05) is 25.7 Å². The van der Waals surface area contributed by atoms with Crippen LogP contribution < -0.4 is 0 Å². The average Bonchev–Trinajstić information content (AvgIpc) is 2.47. The Bertz CT molecular complexity index is 240. The summed E-state index contributed by atoms with van der Waals surface area (Å²) in [5.74, 6) is 1.59. The van der Waals surface area contributed by atoms with Crippen LogP contribution in [0, 0.1) is 0 Å². The first-order valence-electron chi connectivity index (χ1n) is 5.09. The third-order valence-corrected chi connectivity index (χ3v) is 2.73. The minimum Gasteiger partial charge on any atom is -0.225 e. The molecule has 1 aliphatic carbocycles. The first-order valence-corrected chi connectivity index (χ1v) is 5.09. The molecule has 0 saturated heterocycles. The Morgan fingerprint density at radius 3 is 2.15 bits per heavy atom. The van der Waals surface area contributed by atoms with Gasteiger partial charge in [-0.25, -0.2) is 15.0 Å². The minimum absolute atomic E-state index is 0.588. The van der Waals surface area contributed by atoms with E-state index < -0.39 is 0 Å². The molecule has 3 nitrogen and oxygen atoms in total. The Kier molecular flexibility index (Phi) is 2.85. The highest BCUT2D eigenvalue weighted by atomic mass is 15.0. The van der Waals surface area contributed by atoms with Gasteiger partial charge >= 0.3 is 0 Å². The summed E-state index contributed by atoms with van der Waals surface area (Å²) in [6, 6.07) is 0. The Morgan fingerprint density at radius 2 is 1.54 bits per heavy atom. The van der Waals surface area contributed by atoms with Crippen molar-refractivity contribution in [3.63, 3.8) is 0 Å². The molecule has 0 bridgehead atoms.